The van der Waals surface area contributed by atoms with Crippen molar-refractivity contribution in [1.29, 1.82) is 0 Å². The van der Waals surface area contributed by atoms with E-state index in [1.54, 1.807) is 0 Å². The summed E-state index contributed by atoms with van der Waals surface area (Å²) in [5, 5.41) is 7.64. The summed E-state index contributed by atoms with van der Waals surface area (Å²) in [4.78, 5) is 0. The summed E-state index contributed by atoms with van der Waals surface area (Å²) < 4.78 is 1.91. The zero-order valence-corrected chi connectivity index (χ0v) is 9.80. The lowest BCUT2D eigenvalue weighted by Gasteiger charge is -2.08. The molecule has 0 radical (unpaired) electrons. The van der Waals surface area contributed by atoms with Gasteiger partial charge in [0.25, 0.3) is 0 Å². The van der Waals surface area contributed by atoms with E-state index in [-0.39, 0.29) is 0 Å². The topological polar surface area (TPSA) is 29.9 Å². The number of aromatic nitrogens is 2. The molecule has 0 fully saturated rings. The third-order valence-electron chi connectivity index (χ3n) is 2.16. The molecule has 0 aliphatic heterocycles. The van der Waals surface area contributed by atoms with E-state index in [0.717, 1.165) is 18.8 Å². The highest BCUT2D eigenvalue weighted by molar-refractivity contribution is 6.18. The Morgan fingerprint density at radius 3 is 2.86 bits per heavy atom. The van der Waals surface area contributed by atoms with Crippen LogP contribution in [0, 0.1) is 12.8 Å². The van der Waals surface area contributed by atoms with Gasteiger partial charge in [0, 0.05) is 19.5 Å². The number of alkyl halides is 1. The third kappa shape index (κ3) is 3.31. The Kier molecular flexibility index (Phi) is 4.42. The molecule has 4 heteroatoms. The van der Waals surface area contributed by atoms with Crippen LogP contribution in [0.1, 0.15) is 18.3 Å². The summed E-state index contributed by atoms with van der Waals surface area (Å²) in [6.45, 7) is 5.95. The third-order valence-corrected chi connectivity index (χ3v) is 2.69. The van der Waals surface area contributed by atoms with Crippen molar-refractivity contribution >= 4 is 11.6 Å². The van der Waals surface area contributed by atoms with Crippen LogP contribution in [0.3, 0.4) is 0 Å². The summed E-state index contributed by atoms with van der Waals surface area (Å²) >= 11 is 5.71. The molecule has 1 aromatic rings. The molecule has 0 amide bonds. The number of rotatable bonds is 5. The van der Waals surface area contributed by atoms with Gasteiger partial charge >= 0.3 is 0 Å². The molecule has 0 saturated heterocycles. The molecular weight excluding hydrogens is 198 g/mol. The standard InChI is InChI=1S/C10H18ClN3/c1-8(5-11)6-12-7-10-4-9(2)13-14(10)3/h4,8,12H,5-7H2,1-3H3. The molecule has 14 heavy (non-hydrogen) atoms. The SMILES string of the molecule is Cc1cc(CNCC(C)CCl)n(C)n1. The maximum atomic E-state index is 5.71. The molecule has 1 atom stereocenters. The molecule has 3 nitrogen and oxygen atoms in total. The average molecular weight is 216 g/mol. The largest absolute Gasteiger partial charge is 0.311 e. The van der Waals surface area contributed by atoms with Gasteiger partial charge in [-0.1, -0.05) is 6.92 Å². The van der Waals surface area contributed by atoms with Gasteiger partial charge in [-0.15, -0.1) is 11.6 Å². The average Bonchev–Trinajstić information content (AvgIpc) is 2.45. The van der Waals surface area contributed by atoms with Crippen LogP contribution in [0.2, 0.25) is 0 Å². The number of nitrogens with one attached hydrogen (secondary N) is 1. The molecule has 1 aromatic heterocycles. The summed E-state index contributed by atoms with van der Waals surface area (Å²) in [5.74, 6) is 1.23. The number of aryl methyl sites for hydroxylation is 2. The second-order valence-electron chi connectivity index (χ2n) is 3.79. The predicted octanol–water partition coefficient (Wildman–Crippen LogP) is 1.69. The molecule has 0 aliphatic rings. The summed E-state index contributed by atoms with van der Waals surface area (Å²) in [6.07, 6.45) is 0. The lowest BCUT2D eigenvalue weighted by Crippen LogP contribution is -2.22. The first-order chi connectivity index (χ1) is 6.63. The molecule has 1 heterocycles. The Balaban J connectivity index is 2.34. The zero-order chi connectivity index (χ0) is 10.6. The van der Waals surface area contributed by atoms with Gasteiger partial charge in [-0.25, -0.2) is 0 Å². The summed E-state index contributed by atoms with van der Waals surface area (Å²) in [7, 11) is 1.97. The molecule has 0 aliphatic carbocycles. The van der Waals surface area contributed by atoms with Crippen LogP contribution in [0.15, 0.2) is 6.07 Å². The molecule has 0 bridgehead atoms. The lowest BCUT2D eigenvalue weighted by atomic mass is 10.2. The molecular formula is C10H18ClN3. The molecule has 0 aromatic carbocycles. The highest BCUT2D eigenvalue weighted by Crippen LogP contribution is 2.02. The van der Waals surface area contributed by atoms with Crippen molar-refractivity contribution in [3.63, 3.8) is 0 Å². The van der Waals surface area contributed by atoms with Crippen molar-refractivity contribution in [2.24, 2.45) is 13.0 Å². The van der Waals surface area contributed by atoms with Crippen LogP contribution in [-0.4, -0.2) is 22.2 Å². The normalized spacial score (nSPS) is 13.1. The van der Waals surface area contributed by atoms with Gasteiger partial charge in [-0.05, 0) is 25.5 Å². The lowest BCUT2D eigenvalue weighted by molar-refractivity contribution is 0.540. The van der Waals surface area contributed by atoms with Gasteiger partial charge in [0.1, 0.15) is 0 Å². The van der Waals surface area contributed by atoms with Gasteiger partial charge in [0.15, 0.2) is 0 Å². The Morgan fingerprint density at radius 2 is 2.36 bits per heavy atom. The quantitative estimate of drug-likeness (QED) is 0.758. The van der Waals surface area contributed by atoms with Crippen LogP contribution in [0.25, 0.3) is 0 Å². The van der Waals surface area contributed by atoms with Crippen molar-refractivity contribution < 1.29 is 0 Å². The Labute approximate surface area is 90.4 Å². The first-order valence-corrected chi connectivity index (χ1v) is 5.43. The Hall–Kier alpha value is -0.540. The van der Waals surface area contributed by atoms with Crippen LogP contribution >= 0.6 is 11.6 Å². The monoisotopic (exact) mass is 215 g/mol. The molecule has 0 spiro atoms. The molecule has 0 saturated carbocycles. The number of hydrogen-bond acceptors (Lipinski definition) is 2. The van der Waals surface area contributed by atoms with Gasteiger partial charge in [-0.3, -0.25) is 4.68 Å². The van der Waals surface area contributed by atoms with Crippen molar-refractivity contribution in [2.75, 3.05) is 12.4 Å². The fraction of sp³-hybridized carbons (Fsp3) is 0.700. The van der Waals surface area contributed by atoms with Gasteiger partial charge in [-0.2, -0.15) is 5.10 Å². The zero-order valence-electron chi connectivity index (χ0n) is 9.05. The highest BCUT2D eigenvalue weighted by atomic mass is 35.5. The second-order valence-corrected chi connectivity index (χ2v) is 4.10. The predicted molar refractivity (Wildman–Crippen MR) is 59.5 cm³/mol. The number of halogens is 1. The van der Waals surface area contributed by atoms with E-state index < -0.39 is 0 Å². The highest BCUT2D eigenvalue weighted by Gasteiger charge is 2.02. The number of nitrogens with zero attached hydrogens (tertiary/aromatic N) is 2. The smallest absolute Gasteiger partial charge is 0.0597 e. The fourth-order valence-corrected chi connectivity index (χ4v) is 1.44. The summed E-state index contributed by atoms with van der Waals surface area (Å²) in [6, 6.07) is 2.10. The van der Waals surface area contributed by atoms with Crippen molar-refractivity contribution in [3.8, 4) is 0 Å². The van der Waals surface area contributed by atoms with E-state index in [1.165, 1.54) is 5.69 Å². The van der Waals surface area contributed by atoms with E-state index in [9.17, 15) is 0 Å². The minimum Gasteiger partial charge on any atom is -0.311 e. The van der Waals surface area contributed by atoms with Crippen molar-refractivity contribution in [3.05, 3.63) is 17.5 Å². The van der Waals surface area contributed by atoms with Crippen LogP contribution in [-0.2, 0) is 13.6 Å². The minimum absolute atomic E-state index is 0.519. The van der Waals surface area contributed by atoms with Crippen LogP contribution in [0.4, 0.5) is 0 Å². The number of hydrogen-bond donors (Lipinski definition) is 1. The van der Waals surface area contributed by atoms with E-state index in [2.05, 4.69) is 23.4 Å². The molecule has 1 unspecified atom stereocenters. The summed E-state index contributed by atoms with van der Waals surface area (Å²) in [5.41, 5.74) is 2.28. The first kappa shape index (κ1) is 11.5. The van der Waals surface area contributed by atoms with Gasteiger partial charge in [0.2, 0.25) is 0 Å². The maximum absolute atomic E-state index is 5.71. The Morgan fingerprint density at radius 1 is 1.64 bits per heavy atom. The molecule has 1 rings (SSSR count). The van der Waals surface area contributed by atoms with Gasteiger partial charge < -0.3 is 5.32 Å². The van der Waals surface area contributed by atoms with Crippen molar-refractivity contribution in [1.82, 2.24) is 15.1 Å². The Bertz CT molecular complexity index is 283. The van der Waals surface area contributed by atoms with E-state index in [0.29, 0.717) is 11.8 Å². The minimum atomic E-state index is 0.519. The fourth-order valence-electron chi connectivity index (χ4n) is 1.33. The maximum Gasteiger partial charge on any atom is 0.0597 e. The molecule has 1 N–H and O–H groups in total. The molecule has 80 valence electrons. The van der Waals surface area contributed by atoms with Crippen LogP contribution < -0.4 is 5.32 Å². The van der Waals surface area contributed by atoms with Gasteiger partial charge in [0.05, 0.1) is 11.4 Å². The second kappa shape index (κ2) is 5.37. The van der Waals surface area contributed by atoms with E-state index >= 15 is 0 Å². The van der Waals surface area contributed by atoms with Crippen LogP contribution in [0.5, 0.6) is 0 Å². The van der Waals surface area contributed by atoms with Crippen molar-refractivity contribution in [2.45, 2.75) is 20.4 Å². The first-order valence-electron chi connectivity index (χ1n) is 4.89. The van der Waals surface area contributed by atoms with E-state index in [1.807, 2.05) is 18.7 Å². The van der Waals surface area contributed by atoms with E-state index in [4.69, 9.17) is 11.6 Å².